The summed E-state index contributed by atoms with van der Waals surface area (Å²) < 4.78 is 0. The molecule has 0 fully saturated rings. The van der Waals surface area contributed by atoms with Crippen molar-refractivity contribution in [1.29, 1.82) is 0 Å². The Labute approximate surface area is 125 Å². The topological polar surface area (TPSA) is 92.5 Å². The van der Waals surface area contributed by atoms with Gasteiger partial charge in [-0.05, 0) is 32.0 Å². The summed E-state index contributed by atoms with van der Waals surface area (Å²) in [5, 5.41) is 23.0. The number of non-ortho nitro benzene ring substituents is 1. The fraction of sp³-hybridized carbons (Fsp3) is 0.214. The van der Waals surface area contributed by atoms with Crippen LogP contribution in [0.15, 0.2) is 30.3 Å². The molecule has 1 heterocycles. The van der Waals surface area contributed by atoms with E-state index in [1.54, 1.807) is 11.3 Å². The van der Waals surface area contributed by atoms with Crippen molar-refractivity contribution in [3.05, 3.63) is 55.8 Å². The Bertz CT molecular complexity index is 696. The Morgan fingerprint density at radius 2 is 2.10 bits per heavy atom. The number of carboxylic acid groups (broad SMARTS) is 1. The van der Waals surface area contributed by atoms with Crippen LogP contribution in [0.4, 0.5) is 11.4 Å². The van der Waals surface area contributed by atoms with E-state index in [1.165, 1.54) is 18.2 Å². The van der Waals surface area contributed by atoms with Crippen LogP contribution in [-0.4, -0.2) is 16.0 Å². The largest absolute Gasteiger partial charge is 0.478 e. The van der Waals surface area contributed by atoms with Crippen LogP contribution in [0.5, 0.6) is 0 Å². The number of carbonyl (C=O) groups is 1. The highest BCUT2D eigenvalue weighted by Crippen LogP contribution is 2.29. The van der Waals surface area contributed by atoms with Gasteiger partial charge in [-0.1, -0.05) is 0 Å². The van der Waals surface area contributed by atoms with Gasteiger partial charge in [0.25, 0.3) is 5.69 Å². The van der Waals surface area contributed by atoms with E-state index in [2.05, 4.69) is 5.32 Å². The molecule has 0 amide bonds. The Hall–Kier alpha value is -2.41. The quantitative estimate of drug-likeness (QED) is 0.646. The molecule has 1 aromatic carbocycles. The number of hydrogen-bond donors (Lipinski definition) is 2. The second-order valence-electron chi connectivity index (χ2n) is 4.61. The fourth-order valence-corrected chi connectivity index (χ4v) is 2.82. The number of nitrogens with one attached hydrogen (secondary N) is 1. The number of aromatic carboxylic acids is 1. The summed E-state index contributed by atoms with van der Waals surface area (Å²) >= 11 is 1.60. The van der Waals surface area contributed by atoms with Crippen molar-refractivity contribution >= 4 is 28.7 Å². The van der Waals surface area contributed by atoms with Crippen LogP contribution in [-0.2, 0) is 0 Å². The zero-order valence-corrected chi connectivity index (χ0v) is 12.3. The van der Waals surface area contributed by atoms with Crippen molar-refractivity contribution in [1.82, 2.24) is 0 Å². The van der Waals surface area contributed by atoms with Gasteiger partial charge in [-0.3, -0.25) is 10.1 Å². The molecule has 1 atom stereocenters. The number of aryl methyl sites for hydroxylation is 1. The molecule has 0 bridgehead atoms. The van der Waals surface area contributed by atoms with E-state index in [0.717, 1.165) is 9.75 Å². The van der Waals surface area contributed by atoms with Gasteiger partial charge in [0.2, 0.25) is 0 Å². The molecule has 0 aliphatic carbocycles. The molecule has 110 valence electrons. The fourth-order valence-electron chi connectivity index (χ4n) is 1.94. The van der Waals surface area contributed by atoms with Crippen LogP contribution >= 0.6 is 11.3 Å². The van der Waals surface area contributed by atoms with Gasteiger partial charge < -0.3 is 10.4 Å². The summed E-state index contributed by atoms with van der Waals surface area (Å²) in [4.78, 5) is 23.7. The van der Waals surface area contributed by atoms with E-state index in [0.29, 0.717) is 0 Å². The summed E-state index contributed by atoms with van der Waals surface area (Å²) in [6, 6.07) is 7.48. The Morgan fingerprint density at radius 3 is 2.62 bits per heavy atom. The second-order valence-corrected chi connectivity index (χ2v) is 5.93. The van der Waals surface area contributed by atoms with Crippen molar-refractivity contribution in [3.8, 4) is 0 Å². The smallest absolute Gasteiger partial charge is 0.337 e. The van der Waals surface area contributed by atoms with Gasteiger partial charge in [-0.2, -0.15) is 0 Å². The molecule has 1 aromatic heterocycles. The van der Waals surface area contributed by atoms with Crippen molar-refractivity contribution in [2.24, 2.45) is 0 Å². The van der Waals surface area contributed by atoms with Crippen molar-refractivity contribution in [3.63, 3.8) is 0 Å². The van der Waals surface area contributed by atoms with Gasteiger partial charge in [0.1, 0.15) is 0 Å². The van der Waals surface area contributed by atoms with Crippen LogP contribution in [0.1, 0.15) is 33.1 Å². The third kappa shape index (κ3) is 3.38. The number of nitro groups is 1. The number of nitrogens with zero attached hydrogens (tertiary/aromatic N) is 1. The number of hydrogen-bond acceptors (Lipinski definition) is 5. The minimum Gasteiger partial charge on any atom is -0.478 e. The number of anilines is 1. The normalized spacial score (nSPS) is 11.9. The van der Waals surface area contributed by atoms with Gasteiger partial charge >= 0.3 is 5.97 Å². The minimum atomic E-state index is -1.12. The van der Waals surface area contributed by atoms with Crippen LogP contribution in [0.2, 0.25) is 0 Å². The molecule has 0 saturated carbocycles. The molecule has 0 aliphatic rings. The van der Waals surface area contributed by atoms with Gasteiger partial charge in [0, 0.05) is 21.9 Å². The Balaban J connectivity index is 2.34. The summed E-state index contributed by atoms with van der Waals surface area (Å²) in [5.41, 5.74) is 0.119. The minimum absolute atomic E-state index is 0.0146. The zero-order chi connectivity index (χ0) is 15.6. The molecule has 0 saturated heterocycles. The van der Waals surface area contributed by atoms with E-state index >= 15 is 0 Å². The maximum absolute atomic E-state index is 11.2. The Morgan fingerprint density at radius 1 is 1.38 bits per heavy atom. The second kappa shape index (κ2) is 5.92. The first-order valence-corrected chi connectivity index (χ1v) is 7.04. The highest BCUT2D eigenvalue weighted by atomic mass is 32.1. The summed E-state index contributed by atoms with van der Waals surface area (Å²) in [5.74, 6) is -1.12. The lowest BCUT2D eigenvalue weighted by Crippen LogP contribution is -2.10. The SMILES string of the molecule is Cc1ccc(C(C)Nc2cc([N+](=O)[O-])ccc2C(=O)O)s1. The number of benzene rings is 1. The summed E-state index contributed by atoms with van der Waals surface area (Å²) in [7, 11) is 0. The summed E-state index contributed by atoms with van der Waals surface area (Å²) in [6.45, 7) is 3.87. The Kier molecular flexibility index (Phi) is 4.23. The molecule has 1 unspecified atom stereocenters. The standard InChI is InChI=1S/C14H14N2O4S/c1-8-3-6-13(21-8)9(2)15-12-7-10(16(19)20)4-5-11(12)14(17)18/h3-7,9,15H,1-2H3,(H,17,18). The van der Waals surface area contributed by atoms with Gasteiger partial charge in [0.15, 0.2) is 0 Å². The molecule has 2 aromatic rings. The van der Waals surface area contributed by atoms with Crippen molar-refractivity contribution in [2.75, 3.05) is 5.32 Å². The van der Waals surface area contributed by atoms with E-state index in [-0.39, 0.29) is 23.0 Å². The lowest BCUT2D eigenvalue weighted by Gasteiger charge is -2.15. The van der Waals surface area contributed by atoms with Gasteiger partial charge in [-0.25, -0.2) is 4.79 Å². The summed E-state index contributed by atoms with van der Waals surface area (Å²) in [6.07, 6.45) is 0. The first-order chi connectivity index (χ1) is 9.88. The lowest BCUT2D eigenvalue weighted by molar-refractivity contribution is -0.384. The molecular weight excluding hydrogens is 292 g/mol. The first-order valence-electron chi connectivity index (χ1n) is 6.23. The monoisotopic (exact) mass is 306 g/mol. The molecular formula is C14H14N2O4S. The molecule has 2 N–H and O–H groups in total. The number of rotatable bonds is 5. The maximum atomic E-state index is 11.2. The third-order valence-electron chi connectivity index (χ3n) is 3.00. The number of thiophene rings is 1. The predicted molar refractivity (Wildman–Crippen MR) is 81.1 cm³/mol. The third-order valence-corrected chi connectivity index (χ3v) is 4.19. The van der Waals surface area contributed by atoms with E-state index in [4.69, 9.17) is 0 Å². The van der Waals surface area contributed by atoms with Gasteiger partial charge in [-0.15, -0.1) is 11.3 Å². The molecule has 0 spiro atoms. The van der Waals surface area contributed by atoms with Crippen molar-refractivity contribution < 1.29 is 14.8 Å². The maximum Gasteiger partial charge on any atom is 0.337 e. The zero-order valence-electron chi connectivity index (χ0n) is 11.5. The van der Waals surface area contributed by atoms with E-state index < -0.39 is 10.9 Å². The molecule has 0 radical (unpaired) electrons. The molecule has 6 nitrogen and oxygen atoms in total. The number of carboxylic acids is 1. The van der Waals surface area contributed by atoms with E-state index in [1.807, 2.05) is 26.0 Å². The lowest BCUT2D eigenvalue weighted by atomic mass is 10.1. The molecule has 2 rings (SSSR count). The van der Waals surface area contributed by atoms with Gasteiger partial charge in [0.05, 0.1) is 22.2 Å². The molecule has 21 heavy (non-hydrogen) atoms. The van der Waals surface area contributed by atoms with Crippen LogP contribution in [0.3, 0.4) is 0 Å². The molecule has 7 heteroatoms. The highest BCUT2D eigenvalue weighted by molar-refractivity contribution is 7.12. The van der Waals surface area contributed by atoms with Crippen LogP contribution < -0.4 is 5.32 Å². The van der Waals surface area contributed by atoms with E-state index in [9.17, 15) is 20.0 Å². The predicted octanol–water partition coefficient (Wildman–Crippen LogP) is 3.84. The van der Waals surface area contributed by atoms with Crippen molar-refractivity contribution in [2.45, 2.75) is 19.9 Å². The number of nitro benzene ring substituents is 1. The first kappa shape index (κ1) is 15.0. The van der Waals surface area contributed by atoms with Crippen LogP contribution in [0.25, 0.3) is 0 Å². The average Bonchev–Trinajstić information content (AvgIpc) is 2.85. The highest BCUT2D eigenvalue weighted by Gasteiger charge is 2.17. The average molecular weight is 306 g/mol. The van der Waals surface area contributed by atoms with Crippen LogP contribution in [0, 0.1) is 17.0 Å². The molecule has 0 aliphatic heterocycles.